The van der Waals surface area contributed by atoms with Gasteiger partial charge in [-0.2, -0.15) is 0 Å². The Kier molecular flexibility index (Phi) is 5.74. The average Bonchev–Trinajstić information content (AvgIpc) is 3.29. The molecule has 1 unspecified atom stereocenters. The highest BCUT2D eigenvalue weighted by Gasteiger charge is 2.22. The number of hydrogen-bond donors (Lipinski definition) is 0. The topological polar surface area (TPSA) is 43.6 Å². The van der Waals surface area contributed by atoms with Gasteiger partial charge in [0.15, 0.2) is 0 Å². The molecule has 0 fully saturated rings. The monoisotopic (exact) mass is 432 g/mol. The maximum Gasteiger partial charge on any atom is 0.0945 e. The van der Waals surface area contributed by atoms with Crippen LogP contribution in [0.4, 0.5) is 0 Å². The summed E-state index contributed by atoms with van der Waals surface area (Å²) in [6.45, 7) is 4.44. The summed E-state index contributed by atoms with van der Waals surface area (Å²) in [4.78, 5) is 13.7. The van der Waals surface area contributed by atoms with E-state index in [1.807, 2.05) is 24.9 Å². The Morgan fingerprint density at radius 1 is 0.848 bits per heavy atom. The van der Waals surface area contributed by atoms with Crippen LogP contribution in [0.3, 0.4) is 0 Å². The number of fused-ring (bicyclic) bond motifs is 1. The van der Waals surface area contributed by atoms with Crippen LogP contribution >= 0.6 is 0 Å². The number of imidazole rings is 1. The molecule has 3 heterocycles. The van der Waals surface area contributed by atoms with E-state index in [2.05, 4.69) is 96.1 Å². The third kappa shape index (κ3) is 3.82. The number of aromatic nitrogens is 4. The lowest BCUT2D eigenvalue weighted by Gasteiger charge is -2.21. The molecule has 0 spiro atoms. The lowest BCUT2D eigenvalue weighted by Crippen LogP contribution is -2.09. The number of pyridine rings is 2. The van der Waals surface area contributed by atoms with Gasteiger partial charge in [0.05, 0.1) is 17.8 Å². The minimum atomic E-state index is 0.0700. The molecule has 2 aromatic carbocycles. The van der Waals surface area contributed by atoms with Crippen LogP contribution in [-0.4, -0.2) is 19.5 Å². The van der Waals surface area contributed by atoms with Crippen molar-refractivity contribution in [2.45, 2.75) is 32.6 Å². The molecule has 3 aromatic heterocycles. The van der Waals surface area contributed by atoms with E-state index >= 15 is 0 Å². The molecule has 164 valence electrons. The second-order valence-corrected chi connectivity index (χ2v) is 8.40. The van der Waals surface area contributed by atoms with Crippen molar-refractivity contribution in [3.05, 3.63) is 114 Å². The first kappa shape index (κ1) is 21.1. The third-order valence-electron chi connectivity index (χ3n) is 6.46. The molecule has 0 aliphatic heterocycles. The molecule has 0 radical (unpaired) electrons. The van der Waals surface area contributed by atoms with Crippen molar-refractivity contribution >= 4 is 10.9 Å². The Morgan fingerprint density at radius 2 is 1.64 bits per heavy atom. The number of aryl methyl sites for hydroxylation is 3. The van der Waals surface area contributed by atoms with Crippen molar-refractivity contribution in [1.82, 2.24) is 19.5 Å². The van der Waals surface area contributed by atoms with Crippen molar-refractivity contribution in [3.8, 4) is 11.1 Å². The molecule has 4 nitrogen and oxygen atoms in total. The van der Waals surface area contributed by atoms with Gasteiger partial charge in [0.1, 0.15) is 0 Å². The molecule has 0 saturated carbocycles. The van der Waals surface area contributed by atoms with Crippen molar-refractivity contribution in [2.75, 3.05) is 0 Å². The summed E-state index contributed by atoms with van der Waals surface area (Å²) in [5, 5.41) is 1.23. The predicted octanol–water partition coefficient (Wildman–Crippen LogP) is 6.34. The Labute approximate surface area is 195 Å². The SMILES string of the molecule is CCc1nc2ccc(C(c3ccncc3)c3cncn3C)cc2c(CC)c1-c1ccccc1. The molecular weight excluding hydrogens is 404 g/mol. The van der Waals surface area contributed by atoms with Crippen LogP contribution in [0.1, 0.15) is 47.8 Å². The quantitative estimate of drug-likeness (QED) is 0.315. The Bertz CT molecular complexity index is 1390. The number of benzene rings is 2. The molecule has 5 rings (SSSR count). The van der Waals surface area contributed by atoms with Crippen molar-refractivity contribution in [3.63, 3.8) is 0 Å². The van der Waals surface area contributed by atoms with Crippen LogP contribution in [0.5, 0.6) is 0 Å². The van der Waals surface area contributed by atoms with E-state index in [1.165, 1.54) is 33.2 Å². The summed E-state index contributed by atoms with van der Waals surface area (Å²) < 4.78 is 2.10. The Morgan fingerprint density at radius 3 is 2.30 bits per heavy atom. The molecule has 5 aromatic rings. The second kappa shape index (κ2) is 8.99. The van der Waals surface area contributed by atoms with E-state index in [9.17, 15) is 0 Å². The standard InChI is InChI=1S/C29H28N4/c1-4-23-24-17-22(28(21-13-15-30-16-14-21)27-18-31-19-33(27)3)11-12-26(24)32-25(5-2)29(23)20-9-7-6-8-10-20/h6-19,28H,4-5H2,1-3H3. The first-order valence-corrected chi connectivity index (χ1v) is 11.6. The van der Waals surface area contributed by atoms with E-state index in [-0.39, 0.29) is 5.92 Å². The van der Waals surface area contributed by atoms with Gasteiger partial charge in [0, 0.05) is 48.0 Å². The highest BCUT2D eigenvalue weighted by Crippen LogP contribution is 2.37. The van der Waals surface area contributed by atoms with Crippen molar-refractivity contribution in [1.29, 1.82) is 0 Å². The van der Waals surface area contributed by atoms with Crippen molar-refractivity contribution < 1.29 is 0 Å². The molecule has 0 bridgehead atoms. The average molecular weight is 433 g/mol. The molecule has 0 saturated heterocycles. The molecule has 4 heteroatoms. The normalized spacial score (nSPS) is 12.2. The second-order valence-electron chi connectivity index (χ2n) is 8.40. The van der Waals surface area contributed by atoms with Crippen LogP contribution in [-0.2, 0) is 19.9 Å². The summed E-state index contributed by atoms with van der Waals surface area (Å²) in [6.07, 6.45) is 9.41. The fourth-order valence-electron chi connectivity index (χ4n) is 4.89. The van der Waals surface area contributed by atoms with Crippen LogP contribution in [0.25, 0.3) is 22.0 Å². The lowest BCUT2D eigenvalue weighted by atomic mass is 9.86. The van der Waals surface area contributed by atoms with Gasteiger partial charge in [-0.05, 0) is 59.4 Å². The van der Waals surface area contributed by atoms with E-state index < -0.39 is 0 Å². The first-order chi connectivity index (χ1) is 16.2. The number of rotatable bonds is 6. The van der Waals surface area contributed by atoms with Crippen molar-refractivity contribution in [2.24, 2.45) is 7.05 Å². The summed E-state index contributed by atoms with van der Waals surface area (Å²) in [5.74, 6) is 0.0700. The minimum absolute atomic E-state index is 0.0700. The fraction of sp³-hybridized carbons (Fsp3) is 0.207. The molecule has 0 aliphatic carbocycles. The first-order valence-electron chi connectivity index (χ1n) is 11.6. The van der Waals surface area contributed by atoms with Gasteiger partial charge in [-0.1, -0.05) is 50.2 Å². The van der Waals surface area contributed by atoms with Gasteiger partial charge in [-0.25, -0.2) is 4.98 Å². The molecular formula is C29H28N4. The molecule has 0 N–H and O–H groups in total. The van der Waals surface area contributed by atoms with Gasteiger partial charge in [-0.3, -0.25) is 9.97 Å². The largest absolute Gasteiger partial charge is 0.337 e. The highest BCUT2D eigenvalue weighted by atomic mass is 15.0. The van der Waals surface area contributed by atoms with Crippen LogP contribution in [0.15, 0.2) is 85.6 Å². The fourth-order valence-corrected chi connectivity index (χ4v) is 4.89. The smallest absolute Gasteiger partial charge is 0.0945 e. The van der Waals surface area contributed by atoms with Crippen LogP contribution < -0.4 is 0 Å². The van der Waals surface area contributed by atoms with Gasteiger partial charge < -0.3 is 4.57 Å². The summed E-state index contributed by atoms with van der Waals surface area (Å²) in [5.41, 5.74) is 9.70. The van der Waals surface area contributed by atoms with Crippen LogP contribution in [0, 0.1) is 0 Å². The minimum Gasteiger partial charge on any atom is -0.337 e. The van der Waals surface area contributed by atoms with Gasteiger partial charge in [-0.15, -0.1) is 0 Å². The maximum absolute atomic E-state index is 5.10. The van der Waals surface area contributed by atoms with Gasteiger partial charge >= 0.3 is 0 Å². The highest BCUT2D eigenvalue weighted by molar-refractivity contribution is 5.90. The van der Waals surface area contributed by atoms with E-state index in [0.717, 1.165) is 29.7 Å². The van der Waals surface area contributed by atoms with E-state index in [0.29, 0.717) is 0 Å². The van der Waals surface area contributed by atoms with Gasteiger partial charge in [0.2, 0.25) is 0 Å². The molecule has 1 atom stereocenters. The molecule has 33 heavy (non-hydrogen) atoms. The Hall–Kier alpha value is -3.79. The molecule has 0 aliphatic rings. The van der Waals surface area contributed by atoms with E-state index in [1.54, 1.807) is 0 Å². The summed E-state index contributed by atoms with van der Waals surface area (Å²) >= 11 is 0. The van der Waals surface area contributed by atoms with E-state index in [4.69, 9.17) is 4.98 Å². The maximum atomic E-state index is 5.10. The van der Waals surface area contributed by atoms with Gasteiger partial charge in [0.25, 0.3) is 0 Å². The Balaban J connectivity index is 1.77. The zero-order valence-corrected chi connectivity index (χ0v) is 19.4. The van der Waals surface area contributed by atoms with Crippen LogP contribution in [0.2, 0.25) is 0 Å². The number of hydrogen-bond acceptors (Lipinski definition) is 3. The molecule has 0 amide bonds. The summed E-state index contributed by atoms with van der Waals surface area (Å²) in [6, 6.07) is 21.6. The summed E-state index contributed by atoms with van der Waals surface area (Å²) in [7, 11) is 2.05. The zero-order valence-electron chi connectivity index (χ0n) is 19.4. The zero-order chi connectivity index (χ0) is 22.8. The third-order valence-corrected chi connectivity index (χ3v) is 6.46. The predicted molar refractivity (Wildman–Crippen MR) is 134 cm³/mol. The lowest BCUT2D eigenvalue weighted by molar-refractivity contribution is 0.792. The number of nitrogens with zero attached hydrogens (tertiary/aromatic N) is 4.